The number of hydrogen-bond acceptors (Lipinski definition) is 2. The highest BCUT2D eigenvalue weighted by Crippen LogP contribution is 2.39. The van der Waals surface area contributed by atoms with Crippen LogP contribution in [0.3, 0.4) is 0 Å². The molecule has 5 heteroatoms. The third-order valence-corrected chi connectivity index (χ3v) is 8.49. The van der Waals surface area contributed by atoms with Crippen molar-refractivity contribution in [2.24, 2.45) is 0 Å². The van der Waals surface area contributed by atoms with Crippen molar-refractivity contribution in [3.63, 3.8) is 0 Å². The second-order valence-corrected chi connectivity index (χ2v) is 11.8. The highest BCUT2D eigenvalue weighted by Gasteiger charge is 2.39. The summed E-state index contributed by atoms with van der Waals surface area (Å²) in [4.78, 5) is 10.7. The Kier molecular flexibility index (Phi) is 4.85. The zero-order valence-electron chi connectivity index (χ0n) is 12.1. The van der Waals surface area contributed by atoms with Gasteiger partial charge in [0.05, 0.1) is 10.9 Å². The van der Waals surface area contributed by atoms with E-state index in [2.05, 4.69) is 49.8 Å². The maximum atomic E-state index is 10.7. The van der Waals surface area contributed by atoms with Crippen molar-refractivity contribution in [1.82, 2.24) is 0 Å². The molecule has 0 heterocycles. The molecule has 1 aromatic carbocycles. The maximum absolute atomic E-state index is 10.7. The number of aliphatic carboxylic acids is 1. The average Bonchev–Trinajstić information content (AvgIpc) is 2.19. The van der Waals surface area contributed by atoms with E-state index in [0.29, 0.717) is 0 Å². The van der Waals surface area contributed by atoms with Crippen LogP contribution in [0.15, 0.2) is 22.7 Å². The maximum Gasteiger partial charge on any atom is 0.307 e. The van der Waals surface area contributed by atoms with E-state index in [1.54, 1.807) is 6.07 Å². The van der Waals surface area contributed by atoms with Crippen LogP contribution in [-0.4, -0.2) is 19.4 Å². The van der Waals surface area contributed by atoms with Gasteiger partial charge in [0, 0.05) is 0 Å². The Balaban J connectivity index is 2.95. The first-order chi connectivity index (χ1) is 8.53. The fraction of sp³-hybridized carbons (Fsp3) is 0.500. The van der Waals surface area contributed by atoms with Crippen LogP contribution in [0.5, 0.6) is 5.75 Å². The van der Waals surface area contributed by atoms with Crippen LogP contribution in [0, 0.1) is 0 Å². The molecular formula is C14H21BrO3Si. The summed E-state index contributed by atoms with van der Waals surface area (Å²) in [5.41, 5.74) is 0.766. The molecule has 0 unspecified atom stereocenters. The molecule has 0 amide bonds. The van der Waals surface area contributed by atoms with Gasteiger partial charge < -0.3 is 9.53 Å². The molecule has 106 valence electrons. The van der Waals surface area contributed by atoms with Crippen LogP contribution in [0.25, 0.3) is 0 Å². The SMILES string of the molecule is CC(C)(C)[Si](C)(C)Oc1ccc(CC(=O)O)cc1Br. The van der Waals surface area contributed by atoms with Gasteiger partial charge in [-0.25, -0.2) is 0 Å². The summed E-state index contributed by atoms with van der Waals surface area (Å²) in [6.07, 6.45) is 0.0268. The molecule has 0 aliphatic heterocycles. The van der Waals surface area contributed by atoms with E-state index in [9.17, 15) is 4.79 Å². The van der Waals surface area contributed by atoms with E-state index in [0.717, 1.165) is 15.8 Å². The van der Waals surface area contributed by atoms with Gasteiger partial charge in [0.1, 0.15) is 5.75 Å². The van der Waals surface area contributed by atoms with Gasteiger partial charge in [-0.2, -0.15) is 0 Å². The van der Waals surface area contributed by atoms with Crippen molar-refractivity contribution >= 4 is 30.2 Å². The van der Waals surface area contributed by atoms with Gasteiger partial charge in [0.2, 0.25) is 0 Å². The van der Waals surface area contributed by atoms with Crippen LogP contribution in [0.2, 0.25) is 18.1 Å². The number of rotatable bonds is 4. The van der Waals surface area contributed by atoms with Crippen molar-refractivity contribution in [2.75, 3.05) is 0 Å². The number of halogens is 1. The van der Waals surface area contributed by atoms with E-state index >= 15 is 0 Å². The van der Waals surface area contributed by atoms with Crippen molar-refractivity contribution in [3.8, 4) is 5.75 Å². The summed E-state index contributed by atoms with van der Waals surface area (Å²) in [5.74, 6) is -0.0364. The zero-order valence-corrected chi connectivity index (χ0v) is 14.7. The van der Waals surface area contributed by atoms with Gasteiger partial charge >= 0.3 is 5.97 Å². The Morgan fingerprint density at radius 3 is 2.37 bits per heavy atom. The number of carboxylic acids is 1. The monoisotopic (exact) mass is 344 g/mol. The summed E-state index contributed by atoms with van der Waals surface area (Å²) in [5, 5.41) is 8.91. The summed E-state index contributed by atoms with van der Waals surface area (Å²) in [7, 11) is -1.87. The van der Waals surface area contributed by atoms with Crippen LogP contribution >= 0.6 is 15.9 Å². The normalized spacial score (nSPS) is 12.3. The highest BCUT2D eigenvalue weighted by molar-refractivity contribution is 9.10. The van der Waals surface area contributed by atoms with Crippen molar-refractivity contribution in [2.45, 2.75) is 45.3 Å². The van der Waals surface area contributed by atoms with Gasteiger partial charge in [-0.1, -0.05) is 26.8 Å². The minimum Gasteiger partial charge on any atom is -0.543 e. The molecule has 0 bridgehead atoms. The van der Waals surface area contributed by atoms with Crippen LogP contribution in [-0.2, 0) is 11.2 Å². The molecule has 0 aliphatic carbocycles. The molecule has 0 radical (unpaired) electrons. The smallest absolute Gasteiger partial charge is 0.307 e. The fourth-order valence-corrected chi connectivity index (χ4v) is 3.03. The molecule has 3 nitrogen and oxygen atoms in total. The van der Waals surface area contributed by atoms with Gasteiger partial charge in [-0.05, 0) is 51.8 Å². The first kappa shape index (κ1) is 16.2. The molecule has 0 aliphatic rings. The van der Waals surface area contributed by atoms with Gasteiger partial charge in [-0.3, -0.25) is 4.79 Å². The number of carboxylic acid groups (broad SMARTS) is 1. The Morgan fingerprint density at radius 1 is 1.37 bits per heavy atom. The van der Waals surface area contributed by atoms with Gasteiger partial charge in [0.25, 0.3) is 8.32 Å². The lowest BCUT2D eigenvalue weighted by Crippen LogP contribution is -2.43. The molecule has 0 spiro atoms. The Labute approximate surface area is 124 Å². The molecule has 0 fully saturated rings. The van der Waals surface area contributed by atoms with Crippen molar-refractivity contribution < 1.29 is 14.3 Å². The molecule has 0 atom stereocenters. The first-order valence-electron chi connectivity index (χ1n) is 6.22. The number of benzene rings is 1. The minimum atomic E-state index is -1.87. The van der Waals surface area contributed by atoms with Gasteiger partial charge in [-0.15, -0.1) is 0 Å². The summed E-state index contributed by atoms with van der Waals surface area (Å²) < 4.78 is 7.02. The molecular weight excluding hydrogens is 324 g/mol. The number of hydrogen-bond donors (Lipinski definition) is 1. The molecule has 19 heavy (non-hydrogen) atoms. The second-order valence-electron chi connectivity index (χ2n) is 6.20. The summed E-state index contributed by atoms with van der Waals surface area (Å²) in [6, 6.07) is 5.47. The van der Waals surface area contributed by atoms with E-state index in [-0.39, 0.29) is 11.5 Å². The molecule has 0 aromatic heterocycles. The number of carbonyl (C=O) groups is 1. The first-order valence-corrected chi connectivity index (χ1v) is 9.92. The van der Waals surface area contributed by atoms with Gasteiger partial charge in [0.15, 0.2) is 0 Å². The third kappa shape index (κ3) is 4.35. The van der Waals surface area contributed by atoms with E-state index in [1.165, 1.54) is 0 Å². The molecule has 1 rings (SSSR count). The fourth-order valence-electron chi connectivity index (χ4n) is 1.34. The average molecular weight is 345 g/mol. The quantitative estimate of drug-likeness (QED) is 0.820. The van der Waals surface area contributed by atoms with E-state index in [4.69, 9.17) is 9.53 Å². The molecule has 0 saturated heterocycles. The Hall–Kier alpha value is -0.813. The van der Waals surface area contributed by atoms with Crippen molar-refractivity contribution in [1.29, 1.82) is 0 Å². The van der Waals surface area contributed by atoms with E-state index in [1.807, 2.05) is 12.1 Å². The lowest BCUT2D eigenvalue weighted by atomic mass is 10.1. The predicted molar refractivity (Wildman–Crippen MR) is 83.3 cm³/mol. The van der Waals surface area contributed by atoms with E-state index < -0.39 is 14.3 Å². The van der Waals surface area contributed by atoms with Crippen molar-refractivity contribution in [3.05, 3.63) is 28.2 Å². The topological polar surface area (TPSA) is 46.5 Å². The lowest BCUT2D eigenvalue weighted by molar-refractivity contribution is -0.136. The minimum absolute atomic E-state index is 0.0268. The largest absolute Gasteiger partial charge is 0.543 e. The zero-order chi connectivity index (χ0) is 14.8. The summed E-state index contributed by atoms with van der Waals surface area (Å²) in [6.45, 7) is 10.9. The molecule has 1 N–H and O–H groups in total. The predicted octanol–water partition coefficient (Wildman–Crippen LogP) is 4.46. The standard InChI is InChI=1S/C14H21BrO3Si/c1-14(2,3)19(4,5)18-12-7-6-10(8-11(12)15)9-13(16)17/h6-8H,9H2,1-5H3,(H,16,17). The summed E-state index contributed by atoms with van der Waals surface area (Å²) >= 11 is 3.46. The second kappa shape index (κ2) is 5.67. The molecule has 1 aromatic rings. The molecule has 0 saturated carbocycles. The highest BCUT2D eigenvalue weighted by atomic mass is 79.9. The third-order valence-electron chi connectivity index (χ3n) is 3.52. The lowest BCUT2D eigenvalue weighted by Gasteiger charge is -2.36. The Morgan fingerprint density at radius 2 is 1.95 bits per heavy atom. The Bertz CT molecular complexity index is 478. The van der Waals surface area contributed by atoms with Crippen LogP contribution in [0.1, 0.15) is 26.3 Å². The van der Waals surface area contributed by atoms with Crippen LogP contribution < -0.4 is 4.43 Å². The van der Waals surface area contributed by atoms with Crippen LogP contribution in [0.4, 0.5) is 0 Å².